The first-order chi connectivity index (χ1) is 9.82. The standard InChI is InChI=1S/C16H22F3NO/c1-2-12-5-4-9-15(20,10-8-12)13-6-3-7-14(11-13)21-16(17,18)19/h3,6-7,11-12H,2,4-5,8-10,20H2,1H3. The van der Waals surface area contributed by atoms with Crippen molar-refractivity contribution in [2.45, 2.75) is 57.3 Å². The summed E-state index contributed by atoms with van der Waals surface area (Å²) in [5.41, 5.74) is 6.68. The first kappa shape index (κ1) is 16.1. The van der Waals surface area contributed by atoms with Crippen molar-refractivity contribution in [3.8, 4) is 5.75 Å². The molecule has 1 aliphatic carbocycles. The molecule has 2 nitrogen and oxygen atoms in total. The zero-order valence-corrected chi connectivity index (χ0v) is 12.2. The van der Waals surface area contributed by atoms with Crippen LogP contribution >= 0.6 is 0 Å². The molecule has 0 aliphatic heterocycles. The Morgan fingerprint density at radius 3 is 2.71 bits per heavy atom. The first-order valence-electron chi connectivity index (χ1n) is 7.47. The maximum atomic E-state index is 12.3. The van der Waals surface area contributed by atoms with Gasteiger partial charge in [0.1, 0.15) is 5.75 Å². The molecule has 0 heterocycles. The zero-order valence-electron chi connectivity index (χ0n) is 12.2. The third-order valence-corrected chi connectivity index (χ3v) is 4.45. The number of rotatable bonds is 3. The smallest absolute Gasteiger partial charge is 0.406 e. The number of halogens is 3. The van der Waals surface area contributed by atoms with Crippen molar-refractivity contribution in [1.29, 1.82) is 0 Å². The third-order valence-electron chi connectivity index (χ3n) is 4.45. The van der Waals surface area contributed by atoms with Crippen LogP contribution in [0.4, 0.5) is 13.2 Å². The lowest BCUT2D eigenvalue weighted by Gasteiger charge is -2.29. The summed E-state index contributed by atoms with van der Waals surface area (Å²) in [6.45, 7) is 2.17. The molecule has 1 fully saturated rings. The summed E-state index contributed by atoms with van der Waals surface area (Å²) in [5.74, 6) is 0.478. The van der Waals surface area contributed by atoms with E-state index in [4.69, 9.17) is 5.73 Å². The lowest BCUT2D eigenvalue weighted by Crippen LogP contribution is -2.36. The molecule has 1 aromatic carbocycles. The Morgan fingerprint density at radius 2 is 2.05 bits per heavy atom. The average Bonchev–Trinajstić information content (AvgIpc) is 2.60. The summed E-state index contributed by atoms with van der Waals surface area (Å²) >= 11 is 0. The highest BCUT2D eigenvalue weighted by atomic mass is 19.4. The van der Waals surface area contributed by atoms with Crippen LogP contribution < -0.4 is 10.5 Å². The lowest BCUT2D eigenvalue weighted by atomic mass is 9.83. The molecule has 1 aliphatic rings. The van der Waals surface area contributed by atoms with Crippen molar-refractivity contribution in [1.82, 2.24) is 0 Å². The number of benzene rings is 1. The summed E-state index contributed by atoms with van der Waals surface area (Å²) in [7, 11) is 0. The maximum Gasteiger partial charge on any atom is 0.573 e. The van der Waals surface area contributed by atoms with Gasteiger partial charge in [-0.2, -0.15) is 0 Å². The second-order valence-corrected chi connectivity index (χ2v) is 5.94. The highest BCUT2D eigenvalue weighted by molar-refractivity contribution is 5.33. The Morgan fingerprint density at radius 1 is 1.29 bits per heavy atom. The lowest BCUT2D eigenvalue weighted by molar-refractivity contribution is -0.274. The van der Waals surface area contributed by atoms with E-state index in [0.717, 1.165) is 44.1 Å². The first-order valence-corrected chi connectivity index (χ1v) is 7.47. The third kappa shape index (κ3) is 4.37. The van der Waals surface area contributed by atoms with Crippen LogP contribution in [0.25, 0.3) is 0 Å². The molecular weight excluding hydrogens is 279 g/mol. The second kappa shape index (κ2) is 6.26. The highest BCUT2D eigenvalue weighted by Crippen LogP contribution is 2.38. The van der Waals surface area contributed by atoms with E-state index in [1.165, 1.54) is 12.1 Å². The van der Waals surface area contributed by atoms with Gasteiger partial charge in [0.2, 0.25) is 0 Å². The van der Waals surface area contributed by atoms with Gasteiger partial charge < -0.3 is 10.5 Å². The van der Waals surface area contributed by atoms with Crippen molar-refractivity contribution in [3.63, 3.8) is 0 Å². The van der Waals surface area contributed by atoms with Crippen molar-refractivity contribution in [2.24, 2.45) is 11.7 Å². The van der Waals surface area contributed by atoms with Crippen molar-refractivity contribution >= 4 is 0 Å². The highest BCUT2D eigenvalue weighted by Gasteiger charge is 2.33. The molecular formula is C16H22F3NO. The fourth-order valence-electron chi connectivity index (χ4n) is 3.14. The quantitative estimate of drug-likeness (QED) is 0.819. The van der Waals surface area contributed by atoms with Gasteiger partial charge in [-0.3, -0.25) is 0 Å². The van der Waals surface area contributed by atoms with Crippen LogP contribution in [0.15, 0.2) is 24.3 Å². The average molecular weight is 301 g/mol. The van der Waals surface area contributed by atoms with Gasteiger partial charge in [-0.1, -0.05) is 38.3 Å². The van der Waals surface area contributed by atoms with Crippen LogP contribution in [0.2, 0.25) is 0 Å². The number of ether oxygens (including phenoxy) is 1. The monoisotopic (exact) mass is 301 g/mol. The second-order valence-electron chi connectivity index (χ2n) is 5.94. The SMILES string of the molecule is CCC1CCCC(N)(c2cccc(OC(F)(F)F)c2)CC1. The van der Waals surface area contributed by atoms with E-state index in [-0.39, 0.29) is 5.75 Å². The number of hydrogen-bond acceptors (Lipinski definition) is 2. The number of hydrogen-bond donors (Lipinski definition) is 1. The fraction of sp³-hybridized carbons (Fsp3) is 0.625. The predicted molar refractivity (Wildman–Crippen MR) is 75.9 cm³/mol. The largest absolute Gasteiger partial charge is 0.573 e. The molecule has 0 bridgehead atoms. The zero-order chi connectivity index (χ0) is 15.5. The molecule has 1 saturated carbocycles. The van der Waals surface area contributed by atoms with E-state index in [0.29, 0.717) is 5.92 Å². The Hall–Kier alpha value is -1.23. The van der Waals surface area contributed by atoms with Crippen molar-refractivity contribution in [2.75, 3.05) is 0 Å². The van der Waals surface area contributed by atoms with Crippen molar-refractivity contribution in [3.05, 3.63) is 29.8 Å². The van der Waals surface area contributed by atoms with Gasteiger partial charge in [0.05, 0.1) is 0 Å². The van der Waals surface area contributed by atoms with E-state index >= 15 is 0 Å². The molecule has 1 aromatic rings. The normalized spacial score (nSPS) is 27.2. The Balaban J connectivity index is 2.18. The molecule has 2 atom stereocenters. The minimum absolute atomic E-state index is 0.193. The summed E-state index contributed by atoms with van der Waals surface area (Å²) in [6, 6.07) is 6.12. The summed E-state index contributed by atoms with van der Waals surface area (Å²) in [6.07, 6.45) is 1.26. The Labute approximate surface area is 123 Å². The van der Waals surface area contributed by atoms with E-state index in [2.05, 4.69) is 11.7 Å². The Kier molecular flexibility index (Phi) is 4.81. The number of nitrogens with two attached hydrogens (primary N) is 1. The van der Waals surface area contributed by atoms with E-state index < -0.39 is 11.9 Å². The summed E-state index contributed by atoms with van der Waals surface area (Å²) in [5, 5.41) is 0. The van der Waals surface area contributed by atoms with Crippen LogP contribution in [-0.2, 0) is 5.54 Å². The molecule has 2 rings (SSSR count). The maximum absolute atomic E-state index is 12.3. The van der Waals surface area contributed by atoms with Gasteiger partial charge in [-0.05, 0) is 42.9 Å². The van der Waals surface area contributed by atoms with E-state index in [9.17, 15) is 13.2 Å². The fourth-order valence-corrected chi connectivity index (χ4v) is 3.14. The van der Waals surface area contributed by atoms with Gasteiger partial charge in [0.25, 0.3) is 0 Å². The van der Waals surface area contributed by atoms with Crippen LogP contribution in [-0.4, -0.2) is 6.36 Å². The van der Waals surface area contributed by atoms with Crippen LogP contribution in [0, 0.1) is 5.92 Å². The van der Waals surface area contributed by atoms with Gasteiger partial charge in [-0.15, -0.1) is 13.2 Å². The molecule has 2 N–H and O–H groups in total. The summed E-state index contributed by atoms with van der Waals surface area (Å²) < 4.78 is 41.0. The molecule has 0 radical (unpaired) electrons. The molecule has 21 heavy (non-hydrogen) atoms. The number of alkyl halides is 3. The molecule has 0 aromatic heterocycles. The van der Waals surface area contributed by atoms with E-state index in [1.807, 2.05) is 0 Å². The van der Waals surface area contributed by atoms with Crippen LogP contribution in [0.1, 0.15) is 51.0 Å². The topological polar surface area (TPSA) is 35.2 Å². The molecule has 0 spiro atoms. The molecule has 0 saturated heterocycles. The molecule has 2 unspecified atom stereocenters. The predicted octanol–water partition coefficient (Wildman–Crippen LogP) is 4.73. The minimum Gasteiger partial charge on any atom is -0.406 e. The van der Waals surface area contributed by atoms with Crippen LogP contribution in [0.5, 0.6) is 5.75 Å². The van der Waals surface area contributed by atoms with Crippen molar-refractivity contribution < 1.29 is 17.9 Å². The van der Waals surface area contributed by atoms with Gasteiger partial charge in [0.15, 0.2) is 0 Å². The molecule has 0 amide bonds. The van der Waals surface area contributed by atoms with Gasteiger partial charge in [0, 0.05) is 5.54 Å². The van der Waals surface area contributed by atoms with Gasteiger partial charge in [-0.25, -0.2) is 0 Å². The molecule has 5 heteroatoms. The Bertz CT molecular complexity index is 475. The minimum atomic E-state index is -4.67. The summed E-state index contributed by atoms with van der Waals surface area (Å²) in [4.78, 5) is 0. The van der Waals surface area contributed by atoms with Gasteiger partial charge >= 0.3 is 6.36 Å². The van der Waals surface area contributed by atoms with E-state index in [1.54, 1.807) is 12.1 Å². The van der Waals surface area contributed by atoms with Crippen LogP contribution in [0.3, 0.4) is 0 Å². The molecule has 118 valence electrons.